The van der Waals surface area contributed by atoms with Gasteiger partial charge in [0.15, 0.2) is 23.0 Å². The van der Waals surface area contributed by atoms with E-state index in [1.54, 1.807) is 17.0 Å². The van der Waals surface area contributed by atoms with Crippen LogP contribution in [0.5, 0.6) is 0 Å². The maximum atomic E-state index is 12.8. The number of fused-ring (bicyclic) bond motifs is 1. The normalized spacial score (nSPS) is 17.0. The molecule has 10 heteroatoms. The number of anilines is 2. The third kappa shape index (κ3) is 3.12. The summed E-state index contributed by atoms with van der Waals surface area (Å²) < 4.78 is 1.88. The fraction of sp³-hybridized carbons (Fsp3) is 0.500. The quantitative estimate of drug-likeness (QED) is 0.623. The number of aromatic nitrogens is 6. The lowest BCUT2D eigenvalue weighted by Crippen LogP contribution is -2.60. The first-order valence-corrected chi connectivity index (χ1v) is 10.3. The number of carbonyl (C=O) groups excluding carboxylic acids is 1. The minimum atomic E-state index is -0.119. The first-order valence-electron chi connectivity index (χ1n) is 10.3. The zero-order valence-electron chi connectivity index (χ0n) is 17.4. The van der Waals surface area contributed by atoms with Gasteiger partial charge in [-0.2, -0.15) is 4.52 Å². The summed E-state index contributed by atoms with van der Waals surface area (Å²) in [5.41, 5.74) is 1.14. The van der Waals surface area contributed by atoms with Crippen LogP contribution in [-0.2, 0) is 0 Å². The summed E-state index contributed by atoms with van der Waals surface area (Å²) in [6.45, 7) is 1.45. The molecule has 1 amide bonds. The Morgan fingerprint density at radius 1 is 1.00 bits per heavy atom. The van der Waals surface area contributed by atoms with Gasteiger partial charge in [0.2, 0.25) is 0 Å². The van der Waals surface area contributed by atoms with Crippen LogP contribution in [-0.4, -0.2) is 81.1 Å². The van der Waals surface area contributed by atoms with Crippen LogP contribution in [0.3, 0.4) is 0 Å². The van der Waals surface area contributed by atoms with E-state index in [9.17, 15) is 4.79 Å². The molecule has 0 radical (unpaired) electrons. The van der Waals surface area contributed by atoms with Gasteiger partial charge in [0.25, 0.3) is 5.91 Å². The van der Waals surface area contributed by atoms with E-state index in [4.69, 9.17) is 5.10 Å². The first-order chi connectivity index (χ1) is 14.5. The molecule has 0 atom stereocenters. The molecule has 2 aliphatic rings. The van der Waals surface area contributed by atoms with Crippen molar-refractivity contribution in [3.8, 4) is 0 Å². The van der Waals surface area contributed by atoms with Crippen LogP contribution in [0.15, 0.2) is 24.3 Å². The van der Waals surface area contributed by atoms with Gasteiger partial charge in [-0.15, -0.1) is 25.5 Å². The van der Waals surface area contributed by atoms with Crippen molar-refractivity contribution in [3.05, 3.63) is 35.8 Å². The minimum absolute atomic E-state index is 0.109. The van der Waals surface area contributed by atoms with Gasteiger partial charge in [0, 0.05) is 40.2 Å². The van der Waals surface area contributed by atoms with E-state index in [1.807, 2.05) is 42.7 Å². The van der Waals surface area contributed by atoms with Crippen molar-refractivity contribution >= 4 is 23.2 Å². The molecule has 1 saturated heterocycles. The predicted octanol–water partition coefficient (Wildman–Crippen LogP) is 1.21. The van der Waals surface area contributed by atoms with E-state index in [2.05, 4.69) is 25.3 Å². The largest absolute Gasteiger partial charge is 0.361 e. The van der Waals surface area contributed by atoms with Crippen LogP contribution in [0.25, 0.3) is 5.65 Å². The fourth-order valence-electron chi connectivity index (χ4n) is 3.80. The van der Waals surface area contributed by atoms with Gasteiger partial charge in [0.05, 0.1) is 6.04 Å². The van der Waals surface area contributed by atoms with E-state index in [0.717, 1.165) is 49.0 Å². The monoisotopic (exact) mass is 407 g/mol. The lowest BCUT2D eigenvalue weighted by Gasteiger charge is -2.44. The molecule has 3 aromatic rings. The lowest BCUT2D eigenvalue weighted by atomic mass is 9.85. The average molecular weight is 407 g/mol. The van der Waals surface area contributed by atoms with Crippen molar-refractivity contribution in [2.24, 2.45) is 0 Å². The van der Waals surface area contributed by atoms with Gasteiger partial charge in [-0.3, -0.25) is 4.79 Å². The maximum absolute atomic E-state index is 12.8. The molecule has 1 aliphatic carbocycles. The molecule has 0 spiro atoms. The highest BCUT2D eigenvalue weighted by Gasteiger charge is 2.34. The Kier molecular flexibility index (Phi) is 4.48. The highest BCUT2D eigenvalue weighted by molar-refractivity contribution is 5.92. The maximum Gasteiger partial charge on any atom is 0.274 e. The van der Waals surface area contributed by atoms with Crippen molar-refractivity contribution in [3.63, 3.8) is 0 Å². The van der Waals surface area contributed by atoms with Gasteiger partial charge in [-0.1, -0.05) is 6.42 Å². The standard InChI is InChI=1S/C20H25N9O/c1-26(2)16-8-7-15(21-22-16)20(30)27(3)14-11-28(12-14)18-10-9-17-23-24-19(29(17)25-18)13-5-4-6-13/h7-10,13-14H,4-6,11-12H2,1-3H3. The van der Waals surface area contributed by atoms with Gasteiger partial charge < -0.3 is 14.7 Å². The van der Waals surface area contributed by atoms with Crippen molar-refractivity contribution in [1.82, 2.24) is 34.9 Å². The molecule has 0 unspecified atom stereocenters. The Labute approximate surface area is 174 Å². The predicted molar refractivity (Wildman–Crippen MR) is 112 cm³/mol. The van der Waals surface area contributed by atoms with E-state index in [0.29, 0.717) is 11.6 Å². The van der Waals surface area contributed by atoms with Gasteiger partial charge >= 0.3 is 0 Å². The SMILES string of the molecule is CN(C)c1ccc(C(=O)N(C)C2CN(c3ccc4nnc(C5CCC5)n4n3)C2)nn1. The van der Waals surface area contributed by atoms with E-state index in [-0.39, 0.29) is 11.9 Å². The highest BCUT2D eigenvalue weighted by Crippen LogP contribution is 2.35. The van der Waals surface area contributed by atoms with E-state index >= 15 is 0 Å². The van der Waals surface area contributed by atoms with Crippen molar-refractivity contribution < 1.29 is 4.79 Å². The smallest absolute Gasteiger partial charge is 0.274 e. The second kappa shape index (κ2) is 7.19. The summed E-state index contributed by atoms with van der Waals surface area (Å²) in [5, 5.41) is 21.5. The van der Waals surface area contributed by atoms with Gasteiger partial charge in [-0.05, 0) is 37.1 Å². The Morgan fingerprint density at radius 2 is 1.80 bits per heavy atom. The third-order valence-electron chi connectivity index (χ3n) is 6.13. The number of hydrogen-bond donors (Lipinski definition) is 0. The molecular weight excluding hydrogens is 382 g/mol. The number of nitrogens with zero attached hydrogens (tertiary/aromatic N) is 9. The molecule has 2 fully saturated rings. The first kappa shape index (κ1) is 18.7. The third-order valence-corrected chi connectivity index (χ3v) is 6.13. The molecule has 156 valence electrons. The molecule has 3 aromatic heterocycles. The molecule has 10 nitrogen and oxygen atoms in total. The van der Waals surface area contributed by atoms with E-state index < -0.39 is 0 Å². The minimum Gasteiger partial charge on any atom is -0.361 e. The van der Waals surface area contributed by atoms with Crippen LogP contribution in [0.2, 0.25) is 0 Å². The summed E-state index contributed by atoms with van der Waals surface area (Å²) in [4.78, 5) is 18.5. The van der Waals surface area contributed by atoms with Crippen LogP contribution in [0, 0.1) is 0 Å². The fourth-order valence-corrected chi connectivity index (χ4v) is 3.80. The molecular formula is C20H25N9O. The molecule has 1 saturated carbocycles. The molecule has 5 rings (SSSR count). The molecule has 0 N–H and O–H groups in total. The highest BCUT2D eigenvalue weighted by atomic mass is 16.2. The second-order valence-electron chi connectivity index (χ2n) is 8.29. The zero-order chi connectivity index (χ0) is 20.8. The zero-order valence-corrected chi connectivity index (χ0v) is 17.4. The number of carbonyl (C=O) groups is 1. The molecule has 0 bridgehead atoms. The van der Waals surface area contributed by atoms with Crippen LogP contribution >= 0.6 is 0 Å². The summed E-state index contributed by atoms with van der Waals surface area (Å²) in [6, 6.07) is 7.57. The van der Waals surface area contributed by atoms with Crippen LogP contribution in [0.1, 0.15) is 41.5 Å². The Morgan fingerprint density at radius 3 is 2.43 bits per heavy atom. The summed E-state index contributed by atoms with van der Waals surface area (Å²) in [5.74, 6) is 2.92. The van der Waals surface area contributed by atoms with Crippen LogP contribution in [0.4, 0.5) is 11.6 Å². The summed E-state index contributed by atoms with van der Waals surface area (Å²) >= 11 is 0. The summed E-state index contributed by atoms with van der Waals surface area (Å²) in [6.07, 6.45) is 3.56. The number of likely N-dealkylation sites (N-methyl/N-ethyl adjacent to an activating group) is 1. The Balaban J connectivity index is 1.25. The van der Waals surface area contributed by atoms with Crippen molar-refractivity contribution in [2.75, 3.05) is 44.0 Å². The van der Waals surface area contributed by atoms with Gasteiger partial charge in [0.1, 0.15) is 5.82 Å². The van der Waals surface area contributed by atoms with E-state index in [1.165, 1.54) is 6.42 Å². The topological polar surface area (TPSA) is 95.7 Å². The molecule has 4 heterocycles. The van der Waals surface area contributed by atoms with Crippen molar-refractivity contribution in [2.45, 2.75) is 31.2 Å². The Bertz CT molecular complexity index is 1070. The van der Waals surface area contributed by atoms with Crippen LogP contribution < -0.4 is 9.80 Å². The molecule has 30 heavy (non-hydrogen) atoms. The van der Waals surface area contributed by atoms with Crippen molar-refractivity contribution in [1.29, 1.82) is 0 Å². The second-order valence-corrected chi connectivity index (χ2v) is 8.29. The van der Waals surface area contributed by atoms with Gasteiger partial charge in [-0.25, -0.2) is 0 Å². The average Bonchev–Trinajstić information content (AvgIpc) is 3.08. The number of hydrogen-bond acceptors (Lipinski definition) is 8. The molecule has 0 aromatic carbocycles. The Hall–Kier alpha value is -3.30. The number of amides is 1. The summed E-state index contributed by atoms with van der Waals surface area (Å²) in [7, 11) is 5.60. The number of rotatable bonds is 5. The molecule has 1 aliphatic heterocycles. The lowest BCUT2D eigenvalue weighted by molar-refractivity contribution is 0.0698.